The number of carbonyl (C=O) groups excluding carboxylic acids is 5. The normalized spacial score (nSPS) is 19.9. The molecule has 0 radical (unpaired) electrons. The van der Waals surface area contributed by atoms with Crippen LogP contribution in [0.15, 0.2) is 36.4 Å². The van der Waals surface area contributed by atoms with Crippen LogP contribution in [0.5, 0.6) is 23.0 Å². The second-order valence-electron chi connectivity index (χ2n) is 9.34. The number of ether oxygens (including phenoxy) is 4. The fraction of sp³-hybridized carbons (Fsp3) is 0.370. The highest BCUT2D eigenvalue weighted by molar-refractivity contribution is 5.96. The van der Waals surface area contributed by atoms with Crippen molar-refractivity contribution in [3.05, 3.63) is 47.5 Å². The fourth-order valence-corrected chi connectivity index (χ4v) is 4.63. The highest BCUT2D eigenvalue weighted by atomic mass is 16.6. The van der Waals surface area contributed by atoms with Gasteiger partial charge in [-0.3, -0.25) is 29.3 Å². The summed E-state index contributed by atoms with van der Waals surface area (Å²) in [5.41, 5.74) is 0.622. The Hall–Kier alpha value is -4.29. The van der Waals surface area contributed by atoms with Crippen LogP contribution in [0.25, 0.3) is 0 Å². The van der Waals surface area contributed by atoms with Crippen LogP contribution in [-0.4, -0.2) is 58.4 Å². The Morgan fingerprint density at radius 1 is 0.795 bits per heavy atom. The monoisotopic (exact) mass is 540 g/mol. The number of nitrogens with zero attached hydrogens (tertiary/aromatic N) is 1. The predicted molar refractivity (Wildman–Crippen MR) is 133 cm³/mol. The smallest absolute Gasteiger partial charge is 0.308 e. The highest BCUT2D eigenvalue weighted by Gasteiger charge is 2.55. The van der Waals surface area contributed by atoms with E-state index in [1.165, 1.54) is 64.1 Å². The topological polar surface area (TPSA) is 158 Å². The molecule has 4 atom stereocenters. The first kappa shape index (κ1) is 27.7. The fourth-order valence-electron chi connectivity index (χ4n) is 4.63. The van der Waals surface area contributed by atoms with Crippen molar-refractivity contribution in [1.82, 2.24) is 10.2 Å². The van der Waals surface area contributed by atoms with Crippen molar-refractivity contribution in [2.45, 2.75) is 52.4 Å². The van der Waals surface area contributed by atoms with E-state index in [1.807, 2.05) is 0 Å². The Labute approximate surface area is 223 Å². The van der Waals surface area contributed by atoms with Crippen LogP contribution in [-0.2, 0) is 19.2 Å². The number of carbonyl (C=O) groups is 5. The van der Waals surface area contributed by atoms with Crippen LogP contribution in [0.1, 0.15) is 56.3 Å². The highest BCUT2D eigenvalue weighted by Crippen LogP contribution is 2.46. The number of aliphatic hydroxyl groups is 1. The van der Waals surface area contributed by atoms with Gasteiger partial charge in [0.05, 0.1) is 0 Å². The van der Waals surface area contributed by atoms with Crippen molar-refractivity contribution in [2.24, 2.45) is 5.92 Å². The molecule has 2 N–H and O–H groups in total. The molecular weight excluding hydrogens is 512 g/mol. The number of amides is 1. The first-order valence-electron chi connectivity index (χ1n) is 12.2. The summed E-state index contributed by atoms with van der Waals surface area (Å²) in [6.07, 6.45) is -0.423. The molecule has 1 heterocycles. The zero-order valence-corrected chi connectivity index (χ0v) is 21.8. The maximum Gasteiger partial charge on any atom is 0.308 e. The zero-order valence-electron chi connectivity index (χ0n) is 21.8. The standard InChI is InChI=1S/C27H28N2O10/c1-13(30)36-22-7-5-17(9-24(22)38-15(3)32)26(34)28-20-12-29(21-11-19(20)21)27(35)18-6-8-23(37-14(2)31)25(10-18)39-16(4)33/h5-10,19-21,26,28,34H,11-12H2,1-4H3. The summed E-state index contributed by atoms with van der Waals surface area (Å²) in [6, 6.07) is 8.34. The molecule has 2 aliphatic rings. The van der Waals surface area contributed by atoms with E-state index < -0.39 is 30.1 Å². The van der Waals surface area contributed by atoms with Crippen molar-refractivity contribution in [2.75, 3.05) is 6.54 Å². The van der Waals surface area contributed by atoms with Gasteiger partial charge >= 0.3 is 23.9 Å². The van der Waals surface area contributed by atoms with Crippen molar-refractivity contribution in [3.8, 4) is 23.0 Å². The second kappa shape index (κ2) is 11.2. The van der Waals surface area contributed by atoms with Crippen molar-refractivity contribution < 1.29 is 48.0 Å². The molecule has 1 saturated heterocycles. The number of likely N-dealkylation sites (tertiary alicyclic amines) is 1. The Balaban J connectivity index is 1.47. The van der Waals surface area contributed by atoms with E-state index in [1.54, 1.807) is 4.90 Å². The number of benzene rings is 2. The Bertz CT molecular complexity index is 1340. The van der Waals surface area contributed by atoms with Gasteiger partial charge in [-0.05, 0) is 48.2 Å². The molecule has 0 aromatic heterocycles. The first-order chi connectivity index (χ1) is 18.4. The van der Waals surface area contributed by atoms with Gasteiger partial charge in [-0.2, -0.15) is 0 Å². The lowest BCUT2D eigenvalue weighted by atomic mass is 10.1. The third kappa shape index (κ3) is 6.59. The van der Waals surface area contributed by atoms with Gasteiger partial charge in [0.2, 0.25) is 0 Å². The number of piperidine rings is 1. The minimum atomic E-state index is -1.16. The first-order valence-corrected chi connectivity index (χ1v) is 12.2. The average molecular weight is 541 g/mol. The van der Waals surface area contributed by atoms with E-state index in [2.05, 4.69) is 5.32 Å². The molecule has 4 rings (SSSR count). The largest absolute Gasteiger partial charge is 0.423 e. The Kier molecular flexibility index (Phi) is 7.98. The van der Waals surface area contributed by atoms with Crippen LogP contribution in [0.3, 0.4) is 0 Å². The molecule has 4 unspecified atom stereocenters. The quantitative estimate of drug-likeness (QED) is 0.286. The minimum absolute atomic E-state index is 0.00985. The van der Waals surface area contributed by atoms with Gasteiger partial charge in [0.15, 0.2) is 23.0 Å². The SMILES string of the molecule is CC(=O)Oc1ccc(C(=O)N2CC(NC(O)c3ccc(OC(C)=O)c(OC(C)=O)c3)C3CC32)cc1OC(C)=O. The maximum absolute atomic E-state index is 13.3. The van der Waals surface area contributed by atoms with E-state index in [4.69, 9.17) is 18.9 Å². The number of aliphatic hydroxyl groups excluding tert-OH is 1. The summed E-state index contributed by atoms with van der Waals surface area (Å²) in [7, 11) is 0. The van der Waals surface area contributed by atoms with Gasteiger partial charge in [0, 0.05) is 51.9 Å². The summed E-state index contributed by atoms with van der Waals surface area (Å²) in [5.74, 6) is -2.61. The molecule has 12 heteroatoms. The molecule has 39 heavy (non-hydrogen) atoms. The summed E-state index contributed by atoms with van der Waals surface area (Å²) in [6.45, 7) is 5.13. The van der Waals surface area contributed by atoms with E-state index >= 15 is 0 Å². The molecule has 2 fully saturated rings. The van der Waals surface area contributed by atoms with Gasteiger partial charge < -0.3 is 29.0 Å². The van der Waals surface area contributed by atoms with Crippen LogP contribution in [0.2, 0.25) is 0 Å². The molecule has 206 valence electrons. The summed E-state index contributed by atoms with van der Waals surface area (Å²) in [5, 5.41) is 14.0. The zero-order chi connectivity index (χ0) is 28.4. The Morgan fingerprint density at radius 2 is 1.31 bits per heavy atom. The molecule has 1 aliphatic carbocycles. The summed E-state index contributed by atoms with van der Waals surface area (Å²) in [4.78, 5) is 60.7. The third-order valence-electron chi connectivity index (χ3n) is 6.24. The van der Waals surface area contributed by atoms with Crippen LogP contribution in [0.4, 0.5) is 0 Å². The van der Waals surface area contributed by atoms with Gasteiger partial charge in [0.1, 0.15) is 6.23 Å². The number of hydrogen-bond acceptors (Lipinski definition) is 11. The van der Waals surface area contributed by atoms with Crippen LogP contribution >= 0.6 is 0 Å². The van der Waals surface area contributed by atoms with Gasteiger partial charge in [-0.15, -0.1) is 0 Å². The molecule has 2 aromatic rings. The molecule has 1 amide bonds. The van der Waals surface area contributed by atoms with Crippen molar-refractivity contribution in [3.63, 3.8) is 0 Å². The minimum Gasteiger partial charge on any atom is -0.423 e. The average Bonchev–Trinajstić information content (AvgIpc) is 3.55. The molecule has 1 saturated carbocycles. The molecular formula is C27H28N2O10. The second-order valence-corrected chi connectivity index (χ2v) is 9.34. The van der Waals surface area contributed by atoms with E-state index in [0.717, 1.165) is 6.42 Å². The molecule has 1 aliphatic heterocycles. The molecule has 0 bridgehead atoms. The predicted octanol–water partition coefficient (Wildman–Crippen LogP) is 1.88. The lowest BCUT2D eigenvalue weighted by Gasteiger charge is -2.24. The molecule has 12 nitrogen and oxygen atoms in total. The van der Waals surface area contributed by atoms with E-state index in [9.17, 15) is 29.1 Å². The summed E-state index contributed by atoms with van der Waals surface area (Å²) >= 11 is 0. The molecule has 0 spiro atoms. The van der Waals surface area contributed by atoms with E-state index in [0.29, 0.717) is 12.1 Å². The van der Waals surface area contributed by atoms with Crippen LogP contribution in [0, 0.1) is 5.92 Å². The lowest BCUT2D eigenvalue weighted by molar-refractivity contribution is -0.134. The van der Waals surface area contributed by atoms with Crippen molar-refractivity contribution in [1.29, 1.82) is 0 Å². The van der Waals surface area contributed by atoms with Gasteiger partial charge in [0.25, 0.3) is 5.91 Å². The van der Waals surface area contributed by atoms with Crippen LogP contribution < -0.4 is 24.3 Å². The third-order valence-corrected chi connectivity index (χ3v) is 6.24. The van der Waals surface area contributed by atoms with Crippen molar-refractivity contribution >= 4 is 29.8 Å². The molecule has 2 aromatic carbocycles. The van der Waals surface area contributed by atoms with Gasteiger partial charge in [-0.1, -0.05) is 6.07 Å². The number of rotatable bonds is 8. The number of esters is 4. The Morgan fingerprint density at radius 3 is 1.87 bits per heavy atom. The summed E-state index contributed by atoms with van der Waals surface area (Å²) < 4.78 is 20.4. The lowest BCUT2D eigenvalue weighted by Crippen LogP contribution is -2.40. The van der Waals surface area contributed by atoms with E-state index in [-0.39, 0.29) is 52.5 Å². The number of fused-ring (bicyclic) bond motifs is 1. The number of hydrogen-bond donors (Lipinski definition) is 2. The number of nitrogens with one attached hydrogen (secondary N) is 1. The van der Waals surface area contributed by atoms with Gasteiger partial charge in [-0.25, -0.2) is 0 Å². The maximum atomic E-state index is 13.3.